The van der Waals surface area contributed by atoms with Crippen molar-refractivity contribution in [1.82, 2.24) is 15.6 Å². The zero-order chi connectivity index (χ0) is 16.4. The molecule has 1 heterocycles. The molecule has 0 saturated heterocycles. The molecule has 1 fully saturated rings. The molecule has 23 heavy (non-hydrogen) atoms. The van der Waals surface area contributed by atoms with Crippen LogP contribution in [0.2, 0.25) is 5.02 Å². The van der Waals surface area contributed by atoms with Crippen molar-refractivity contribution in [3.63, 3.8) is 0 Å². The first kappa shape index (κ1) is 16.1. The Morgan fingerprint density at radius 1 is 1.30 bits per heavy atom. The number of carbonyl (C=O) groups excluding carboxylic acids is 1. The maximum absolute atomic E-state index is 11.8. The van der Waals surface area contributed by atoms with E-state index in [0.29, 0.717) is 10.9 Å². The average Bonchev–Trinajstić information content (AvgIpc) is 2.90. The molecule has 2 aromatic rings. The Bertz CT molecular complexity index is 690. The largest absolute Gasteiger partial charge is 0.440 e. The SMILES string of the molecule is CC(C)NC(=O)NC1CCC(c2nc3cc(Cl)ccc3o2)CC1. The lowest BCUT2D eigenvalue weighted by Crippen LogP contribution is -2.45. The molecule has 1 aliphatic carbocycles. The molecule has 0 spiro atoms. The van der Waals surface area contributed by atoms with Crippen LogP contribution in [0.5, 0.6) is 0 Å². The predicted molar refractivity (Wildman–Crippen MR) is 90.8 cm³/mol. The molecular weight excluding hydrogens is 314 g/mol. The molecular formula is C17H22ClN3O2. The summed E-state index contributed by atoms with van der Waals surface area (Å²) in [6, 6.07) is 5.79. The number of hydrogen-bond acceptors (Lipinski definition) is 3. The summed E-state index contributed by atoms with van der Waals surface area (Å²) < 4.78 is 5.86. The highest BCUT2D eigenvalue weighted by Crippen LogP contribution is 2.34. The van der Waals surface area contributed by atoms with Crippen molar-refractivity contribution in [1.29, 1.82) is 0 Å². The van der Waals surface area contributed by atoms with E-state index in [9.17, 15) is 4.79 Å². The number of halogens is 1. The van der Waals surface area contributed by atoms with Crippen LogP contribution in [0.3, 0.4) is 0 Å². The molecule has 2 amide bonds. The predicted octanol–water partition coefficient (Wildman–Crippen LogP) is 4.22. The summed E-state index contributed by atoms with van der Waals surface area (Å²) in [7, 11) is 0. The van der Waals surface area contributed by atoms with Crippen LogP contribution in [0, 0.1) is 0 Å². The Hall–Kier alpha value is -1.75. The fourth-order valence-corrected chi connectivity index (χ4v) is 3.23. The van der Waals surface area contributed by atoms with E-state index in [1.54, 1.807) is 0 Å². The van der Waals surface area contributed by atoms with Crippen LogP contribution in [0.25, 0.3) is 11.1 Å². The maximum Gasteiger partial charge on any atom is 0.315 e. The smallest absolute Gasteiger partial charge is 0.315 e. The standard InChI is InChI=1S/C17H22ClN3O2/c1-10(2)19-17(22)20-13-6-3-11(4-7-13)16-21-14-9-12(18)5-8-15(14)23-16/h5,8-11,13H,3-4,6-7H2,1-2H3,(H2,19,20,22). The van der Waals surface area contributed by atoms with Crippen molar-refractivity contribution in [2.45, 2.75) is 57.5 Å². The van der Waals surface area contributed by atoms with Gasteiger partial charge in [-0.2, -0.15) is 0 Å². The van der Waals surface area contributed by atoms with E-state index < -0.39 is 0 Å². The summed E-state index contributed by atoms with van der Waals surface area (Å²) in [6.07, 6.45) is 3.81. The van der Waals surface area contributed by atoms with Gasteiger partial charge in [-0.15, -0.1) is 0 Å². The molecule has 0 aliphatic heterocycles. The molecule has 0 radical (unpaired) electrons. The van der Waals surface area contributed by atoms with E-state index in [4.69, 9.17) is 16.0 Å². The lowest BCUT2D eigenvalue weighted by molar-refractivity contribution is 0.227. The molecule has 2 N–H and O–H groups in total. The number of hydrogen-bond donors (Lipinski definition) is 2. The van der Waals surface area contributed by atoms with Gasteiger partial charge in [0.15, 0.2) is 11.5 Å². The molecule has 3 rings (SSSR count). The quantitative estimate of drug-likeness (QED) is 0.882. The third kappa shape index (κ3) is 3.96. The third-order valence-corrected chi connectivity index (χ3v) is 4.43. The molecule has 6 heteroatoms. The number of nitrogens with zero attached hydrogens (tertiary/aromatic N) is 1. The van der Waals surface area contributed by atoms with Gasteiger partial charge in [0, 0.05) is 23.0 Å². The van der Waals surface area contributed by atoms with E-state index >= 15 is 0 Å². The number of benzene rings is 1. The fourth-order valence-electron chi connectivity index (χ4n) is 3.07. The molecule has 1 aliphatic rings. The second kappa shape index (κ2) is 6.79. The Kier molecular flexibility index (Phi) is 4.76. The van der Waals surface area contributed by atoms with Gasteiger partial charge < -0.3 is 15.1 Å². The van der Waals surface area contributed by atoms with Crippen molar-refractivity contribution >= 4 is 28.7 Å². The molecule has 1 saturated carbocycles. The molecule has 1 aromatic heterocycles. The third-order valence-electron chi connectivity index (χ3n) is 4.20. The fraction of sp³-hybridized carbons (Fsp3) is 0.529. The Balaban J connectivity index is 1.58. The molecule has 1 aromatic carbocycles. The van der Waals surface area contributed by atoms with Crippen LogP contribution >= 0.6 is 11.6 Å². The lowest BCUT2D eigenvalue weighted by atomic mass is 9.86. The molecule has 0 atom stereocenters. The number of aromatic nitrogens is 1. The first-order valence-corrected chi connectivity index (χ1v) is 8.52. The van der Waals surface area contributed by atoms with Crippen LogP contribution in [-0.4, -0.2) is 23.1 Å². The van der Waals surface area contributed by atoms with Crippen LogP contribution < -0.4 is 10.6 Å². The Morgan fingerprint density at radius 2 is 2.04 bits per heavy atom. The summed E-state index contributed by atoms with van der Waals surface area (Å²) in [5, 5.41) is 6.57. The van der Waals surface area contributed by atoms with Gasteiger partial charge in [0.1, 0.15) is 5.52 Å². The van der Waals surface area contributed by atoms with Crippen molar-refractivity contribution in [2.24, 2.45) is 0 Å². The second-order valence-corrected chi connectivity index (χ2v) is 6.92. The number of amides is 2. The number of rotatable bonds is 3. The van der Waals surface area contributed by atoms with Gasteiger partial charge in [-0.1, -0.05) is 11.6 Å². The van der Waals surface area contributed by atoms with E-state index in [1.807, 2.05) is 32.0 Å². The number of carbonyl (C=O) groups is 1. The van der Waals surface area contributed by atoms with E-state index in [0.717, 1.165) is 42.7 Å². The zero-order valence-corrected chi connectivity index (χ0v) is 14.2. The van der Waals surface area contributed by atoms with Gasteiger partial charge in [0.2, 0.25) is 0 Å². The highest BCUT2D eigenvalue weighted by Gasteiger charge is 2.26. The topological polar surface area (TPSA) is 67.2 Å². The normalized spacial score (nSPS) is 21.6. The minimum absolute atomic E-state index is 0.0834. The van der Waals surface area contributed by atoms with Gasteiger partial charge in [-0.25, -0.2) is 9.78 Å². The monoisotopic (exact) mass is 335 g/mol. The van der Waals surface area contributed by atoms with Crippen LogP contribution in [-0.2, 0) is 0 Å². The molecule has 0 unspecified atom stereocenters. The number of urea groups is 1. The highest BCUT2D eigenvalue weighted by molar-refractivity contribution is 6.31. The van der Waals surface area contributed by atoms with Crippen molar-refractivity contribution < 1.29 is 9.21 Å². The second-order valence-electron chi connectivity index (χ2n) is 6.49. The highest BCUT2D eigenvalue weighted by atomic mass is 35.5. The van der Waals surface area contributed by atoms with Crippen LogP contribution in [0.15, 0.2) is 22.6 Å². The van der Waals surface area contributed by atoms with Crippen molar-refractivity contribution in [2.75, 3.05) is 0 Å². The van der Waals surface area contributed by atoms with Gasteiger partial charge in [0.05, 0.1) is 0 Å². The van der Waals surface area contributed by atoms with E-state index in [-0.39, 0.29) is 18.1 Å². The number of oxazole rings is 1. The first-order chi connectivity index (χ1) is 11.0. The minimum atomic E-state index is -0.0834. The van der Waals surface area contributed by atoms with Crippen molar-refractivity contribution in [3.8, 4) is 0 Å². The summed E-state index contributed by atoms with van der Waals surface area (Å²) in [4.78, 5) is 16.3. The minimum Gasteiger partial charge on any atom is -0.440 e. The molecule has 5 nitrogen and oxygen atoms in total. The van der Waals surface area contributed by atoms with E-state index in [1.165, 1.54) is 0 Å². The zero-order valence-electron chi connectivity index (χ0n) is 13.4. The van der Waals surface area contributed by atoms with Crippen molar-refractivity contribution in [3.05, 3.63) is 29.1 Å². The van der Waals surface area contributed by atoms with Gasteiger partial charge >= 0.3 is 6.03 Å². The van der Waals surface area contributed by atoms with Gasteiger partial charge in [-0.05, 0) is 57.7 Å². The van der Waals surface area contributed by atoms with E-state index in [2.05, 4.69) is 15.6 Å². The van der Waals surface area contributed by atoms with Crippen LogP contribution in [0.4, 0.5) is 4.79 Å². The number of fused-ring (bicyclic) bond motifs is 1. The van der Waals surface area contributed by atoms with Gasteiger partial charge in [0.25, 0.3) is 0 Å². The summed E-state index contributed by atoms with van der Waals surface area (Å²) in [5.74, 6) is 1.10. The molecule has 0 bridgehead atoms. The van der Waals surface area contributed by atoms with Gasteiger partial charge in [-0.3, -0.25) is 0 Å². The maximum atomic E-state index is 11.8. The summed E-state index contributed by atoms with van der Waals surface area (Å²) >= 11 is 5.99. The number of nitrogens with one attached hydrogen (secondary N) is 2. The first-order valence-electron chi connectivity index (χ1n) is 8.14. The van der Waals surface area contributed by atoms with Crippen LogP contribution in [0.1, 0.15) is 51.3 Å². The Morgan fingerprint density at radius 3 is 2.74 bits per heavy atom. The summed E-state index contributed by atoms with van der Waals surface area (Å²) in [6.45, 7) is 3.91. The molecule has 124 valence electrons. The lowest BCUT2D eigenvalue weighted by Gasteiger charge is -2.27. The Labute approximate surface area is 140 Å². The average molecular weight is 336 g/mol. The summed E-state index contributed by atoms with van der Waals surface area (Å²) in [5.41, 5.74) is 1.59.